The zero-order valence-electron chi connectivity index (χ0n) is 12.6. The minimum absolute atomic E-state index is 0.107. The summed E-state index contributed by atoms with van der Waals surface area (Å²) in [6.45, 7) is 6.02. The Kier molecular flexibility index (Phi) is 3.55. The summed E-state index contributed by atoms with van der Waals surface area (Å²) in [7, 11) is 0. The fraction of sp³-hybridized carbons (Fsp3) is 0.467. The van der Waals surface area contributed by atoms with Gasteiger partial charge in [0.25, 0.3) is 0 Å². The number of hydrogen-bond donors (Lipinski definition) is 3. The van der Waals surface area contributed by atoms with Gasteiger partial charge in [-0.3, -0.25) is 0 Å². The average molecular weight is 287 g/mol. The third kappa shape index (κ3) is 3.00. The molecule has 0 spiro atoms. The van der Waals surface area contributed by atoms with Crippen LogP contribution in [0.5, 0.6) is 0 Å². The van der Waals surface area contributed by atoms with Gasteiger partial charge < -0.3 is 15.2 Å². The van der Waals surface area contributed by atoms with Crippen LogP contribution >= 0.6 is 0 Å². The maximum absolute atomic E-state index is 5.59. The number of rotatable bonds is 5. The quantitative estimate of drug-likeness (QED) is 0.578. The number of nitrogen functional groups attached to an aromatic ring is 1. The van der Waals surface area contributed by atoms with Crippen LogP contribution in [0.4, 0.5) is 11.6 Å². The highest BCUT2D eigenvalue weighted by Gasteiger charge is 2.27. The summed E-state index contributed by atoms with van der Waals surface area (Å²) in [6, 6.07) is 3.98. The van der Waals surface area contributed by atoms with E-state index in [0.717, 1.165) is 41.6 Å². The predicted molar refractivity (Wildman–Crippen MR) is 82.0 cm³/mol. The van der Waals surface area contributed by atoms with E-state index in [1.165, 1.54) is 0 Å². The first-order valence-corrected chi connectivity index (χ1v) is 7.26. The SMILES string of the molecule is Cc1cc(C(C)Nc2cc(NN)nc(C3CC3)n2)c(C)o1. The highest BCUT2D eigenvalue weighted by atomic mass is 16.3. The molecule has 4 N–H and O–H groups in total. The molecule has 21 heavy (non-hydrogen) atoms. The van der Waals surface area contributed by atoms with Crippen LogP contribution in [-0.2, 0) is 0 Å². The molecule has 0 saturated heterocycles. The summed E-state index contributed by atoms with van der Waals surface area (Å²) in [5.74, 6) is 10.1. The number of furan rings is 1. The molecular weight excluding hydrogens is 266 g/mol. The van der Waals surface area contributed by atoms with E-state index in [-0.39, 0.29) is 6.04 Å². The van der Waals surface area contributed by atoms with Crippen molar-refractivity contribution < 1.29 is 4.42 Å². The third-order valence-electron chi connectivity index (χ3n) is 3.74. The minimum Gasteiger partial charge on any atom is -0.466 e. The Balaban J connectivity index is 1.83. The maximum atomic E-state index is 5.59. The first kappa shape index (κ1) is 13.9. The summed E-state index contributed by atoms with van der Waals surface area (Å²) >= 11 is 0. The van der Waals surface area contributed by atoms with Gasteiger partial charge in [-0.2, -0.15) is 0 Å². The van der Waals surface area contributed by atoms with Crippen LogP contribution in [0, 0.1) is 13.8 Å². The number of hydrazine groups is 1. The first-order valence-electron chi connectivity index (χ1n) is 7.26. The lowest BCUT2D eigenvalue weighted by atomic mass is 10.1. The Morgan fingerprint density at radius 1 is 1.24 bits per heavy atom. The van der Waals surface area contributed by atoms with Crippen molar-refractivity contribution in [1.29, 1.82) is 0 Å². The average Bonchev–Trinajstić information content (AvgIpc) is 3.23. The number of nitrogens with two attached hydrogens (primary N) is 1. The molecule has 0 radical (unpaired) electrons. The second kappa shape index (κ2) is 5.37. The van der Waals surface area contributed by atoms with Crippen LogP contribution in [-0.4, -0.2) is 9.97 Å². The van der Waals surface area contributed by atoms with E-state index in [2.05, 4.69) is 33.7 Å². The van der Waals surface area contributed by atoms with Crippen molar-refractivity contribution in [2.75, 3.05) is 10.7 Å². The zero-order valence-corrected chi connectivity index (χ0v) is 12.6. The smallest absolute Gasteiger partial charge is 0.145 e. The van der Waals surface area contributed by atoms with Crippen LogP contribution in [0.3, 0.4) is 0 Å². The number of aromatic nitrogens is 2. The fourth-order valence-corrected chi connectivity index (χ4v) is 2.52. The van der Waals surface area contributed by atoms with Crippen molar-refractivity contribution in [1.82, 2.24) is 9.97 Å². The third-order valence-corrected chi connectivity index (χ3v) is 3.74. The molecule has 2 aromatic rings. The molecule has 1 aliphatic rings. The Morgan fingerprint density at radius 2 is 1.95 bits per heavy atom. The van der Waals surface area contributed by atoms with Crippen LogP contribution in [0.2, 0.25) is 0 Å². The van der Waals surface area contributed by atoms with Crippen molar-refractivity contribution in [2.45, 2.75) is 45.6 Å². The van der Waals surface area contributed by atoms with Crippen LogP contribution < -0.4 is 16.6 Å². The van der Waals surface area contributed by atoms with E-state index < -0.39 is 0 Å². The Bertz CT molecular complexity index is 648. The normalized spacial score (nSPS) is 15.8. The molecule has 112 valence electrons. The Labute approximate surface area is 124 Å². The molecule has 1 atom stereocenters. The molecule has 3 rings (SSSR count). The molecule has 0 bridgehead atoms. The molecule has 6 heteroatoms. The molecule has 6 nitrogen and oxygen atoms in total. The second-order valence-electron chi connectivity index (χ2n) is 5.65. The van der Waals surface area contributed by atoms with E-state index in [1.807, 2.05) is 19.9 Å². The van der Waals surface area contributed by atoms with Crippen molar-refractivity contribution in [2.24, 2.45) is 5.84 Å². The zero-order chi connectivity index (χ0) is 15.0. The molecule has 1 aliphatic carbocycles. The van der Waals surface area contributed by atoms with E-state index in [0.29, 0.717) is 11.7 Å². The molecule has 1 fully saturated rings. The summed E-state index contributed by atoms with van der Waals surface area (Å²) in [5, 5.41) is 3.40. The van der Waals surface area contributed by atoms with Gasteiger partial charge in [-0.1, -0.05) is 0 Å². The van der Waals surface area contributed by atoms with Crippen molar-refractivity contribution in [3.8, 4) is 0 Å². The maximum Gasteiger partial charge on any atom is 0.145 e. The van der Waals surface area contributed by atoms with E-state index in [1.54, 1.807) is 0 Å². The van der Waals surface area contributed by atoms with Crippen LogP contribution in [0.25, 0.3) is 0 Å². The number of nitrogens with zero attached hydrogens (tertiary/aromatic N) is 2. The topological polar surface area (TPSA) is 89.0 Å². The van der Waals surface area contributed by atoms with Crippen molar-refractivity contribution in [3.63, 3.8) is 0 Å². The lowest BCUT2D eigenvalue weighted by molar-refractivity contribution is 0.499. The van der Waals surface area contributed by atoms with Gasteiger partial charge in [0.15, 0.2) is 0 Å². The first-order chi connectivity index (χ1) is 10.1. The molecule has 0 aromatic carbocycles. The van der Waals surface area contributed by atoms with Gasteiger partial charge in [-0.25, -0.2) is 15.8 Å². The number of anilines is 2. The van der Waals surface area contributed by atoms with Gasteiger partial charge in [-0.05, 0) is 39.7 Å². The molecular formula is C15H21N5O. The van der Waals surface area contributed by atoms with E-state index in [4.69, 9.17) is 10.3 Å². The molecule has 2 heterocycles. The highest BCUT2D eigenvalue weighted by molar-refractivity contribution is 5.49. The summed E-state index contributed by atoms with van der Waals surface area (Å²) in [4.78, 5) is 9.01. The Hall–Kier alpha value is -2.08. The van der Waals surface area contributed by atoms with Gasteiger partial charge in [0.1, 0.15) is 29.0 Å². The van der Waals surface area contributed by atoms with Gasteiger partial charge in [0.05, 0.1) is 6.04 Å². The molecule has 1 saturated carbocycles. The van der Waals surface area contributed by atoms with E-state index >= 15 is 0 Å². The van der Waals surface area contributed by atoms with Gasteiger partial charge in [-0.15, -0.1) is 0 Å². The highest BCUT2D eigenvalue weighted by Crippen LogP contribution is 2.39. The molecule has 2 aromatic heterocycles. The number of aryl methyl sites for hydroxylation is 2. The molecule has 0 amide bonds. The molecule has 1 unspecified atom stereocenters. The largest absolute Gasteiger partial charge is 0.466 e. The number of hydrogen-bond acceptors (Lipinski definition) is 6. The fourth-order valence-electron chi connectivity index (χ4n) is 2.52. The van der Waals surface area contributed by atoms with Crippen LogP contribution in [0.1, 0.15) is 54.6 Å². The van der Waals surface area contributed by atoms with Crippen molar-refractivity contribution in [3.05, 3.63) is 35.0 Å². The number of nitrogens with one attached hydrogen (secondary N) is 2. The molecule has 0 aliphatic heterocycles. The lowest BCUT2D eigenvalue weighted by Gasteiger charge is -2.15. The monoisotopic (exact) mass is 287 g/mol. The van der Waals surface area contributed by atoms with E-state index in [9.17, 15) is 0 Å². The lowest BCUT2D eigenvalue weighted by Crippen LogP contribution is -2.13. The standard InChI is InChI=1S/C15H21N5O/c1-8-6-12(10(3)21-8)9(2)17-13-7-14(20-16)19-15(18-13)11-4-5-11/h6-7,9,11H,4-5,16H2,1-3H3,(H2,17,18,19,20). The van der Waals surface area contributed by atoms with Crippen LogP contribution in [0.15, 0.2) is 16.5 Å². The van der Waals surface area contributed by atoms with Gasteiger partial charge in [0.2, 0.25) is 0 Å². The summed E-state index contributed by atoms with van der Waals surface area (Å²) < 4.78 is 5.59. The second-order valence-corrected chi connectivity index (χ2v) is 5.65. The summed E-state index contributed by atoms with van der Waals surface area (Å²) in [6.07, 6.45) is 2.31. The minimum atomic E-state index is 0.107. The predicted octanol–water partition coefficient (Wildman–Crippen LogP) is 3.02. The summed E-state index contributed by atoms with van der Waals surface area (Å²) in [5.41, 5.74) is 3.75. The van der Waals surface area contributed by atoms with Gasteiger partial charge in [0, 0.05) is 17.5 Å². The van der Waals surface area contributed by atoms with Crippen molar-refractivity contribution >= 4 is 11.6 Å². The Morgan fingerprint density at radius 3 is 2.52 bits per heavy atom. The van der Waals surface area contributed by atoms with Gasteiger partial charge >= 0.3 is 0 Å².